The van der Waals surface area contributed by atoms with Gasteiger partial charge in [0.1, 0.15) is 0 Å². The van der Waals surface area contributed by atoms with E-state index >= 15 is 0 Å². The number of carbonyl (C=O) groups excluding carboxylic acids is 1. The number of hydrogen-bond donors (Lipinski definition) is 0. The zero-order valence-electron chi connectivity index (χ0n) is 11.9. The molecule has 0 fully saturated rings. The average Bonchev–Trinajstić information content (AvgIpc) is 2.90. The first-order chi connectivity index (χ1) is 10.5. The van der Waals surface area contributed by atoms with Gasteiger partial charge in [0, 0.05) is 46.0 Å². The summed E-state index contributed by atoms with van der Waals surface area (Å²) in [4.78, 5) is 16.1. The van der Waals surface area contributed by atoms with Crippen LogP contribution in [0.1, 0.15) is 30.6 Å². The van der Waals surface area contributed by atoms with Crippen molar-refractivity contribution in [1.29, 1.82) is 0 Å². The highest BCUT2D eigenvalue weighted by Gasteiger charge is 2.23. The Morgan fingerprint density at radius 3 is 2.55 bits per heavy atom. The molecular weight excluding hydrogens is 363 g/mol. The van der Waals surface area contributed by atoms with E-state index in [0.29, 0.717) is 28.0 Å². The molecule has 7 heteroatoms. The summed E-state index contributed by atoms with van der Waals surface area (Å²) in [6.07, 6.45) is 6.57. The highest BCUT2D eigenvalue weighted by atomic mass is 35.5. The number of hydrogen-bond acceptors (Lipinski definition) is 3. The minimum absolute atomic E-state index is 0.120. The van der Waals surface area contributed by atoms with Gasteiger partial charge in [-0.05, 0) is 18.6 Å². The molecule has 0 bridgehead atoms. The largest absolute Gasteiger partial charge is 0.336 e. The lowest BCUT2D eigenvalue weighted by atomic mass is 10.1. The van der Waals surface area contributed by atoms with Crippen molar-refractivity contribution in [1.82, 2.24) is 9.55 Å². The van der Waals surface area contributed by atoms with Crippen LogP contribution >= 0.6 is 46.6 Å². The molecule has 1 aromatic carbocycles. The van der Waals surface area contributed by atoms with Crippen molar-refractivity contribution in [2.45, 2.75) is 31.6 Å². The number of nitrogens with zero attached hydrogens (tertiary/aromatic N) is 2. The van der Waals surface area contributed by atoms with Crippen LogP contribution in [0.4, 0.5) is 0 Å². The van der Waals surface area contributed by atoms with E-state index in [-0.39, 0.29) is 10.4 Å². The van der Waals surface area contributed by atoms with Gasteiger partial charge < -0.3 is 4.57 Å². The first-order valence-corrected chi connectivity index (χ1v) is 8.82. The van der Waals surface area contributed by atoms with Gasteiger partial charge in [0.15, 0.2) is 5.12 Å². The molecule has 0 aliphatic rings. The van der Waals surface area contributed by atoms with Gasteiger partial charge in [-0.2, -0.15) is 0 Å². The monoisotopic (exact) mass is 376 g/mol. The molecule has 0 amide bonds. The summed E-state index contributed by atoms with van der Waals surface area (Å²) < 4.78 is 1.90. The Morgan fingerprint density at radius 2 is 2.00 bits per heavy atom. The van der Waals surface area contributed by atoms with Crippen molar-refractivity contribution < 1.29 is 4.79 Å². The van der Waals surface area contributed by atoms with E-state index in [1.165, 1.54) is 11.8 Å². The molecule has 0 radical (unpaired) electrons. The van der Waals surface area contributed by atoms with Crippen molar-refractivity contribution in [3.05, 3.63) is 51.5 Å². The van der Waals surface area contributed by atoms with Gasteiger partial charge in [0.2, 0.25) is 0 Å². The predicted molar refractivity (Wildman–Crippen MR) is 93.9 cm³/mol. The molecule has 0 spiro atoms. The summed E-state index contributed by atoms with van der Waals surface area (Å²) in [7, 11) is 0. The quantitative estimate of drug-likeness (QED) is 0.653. The van der Waals surface area contributed by atoms with Gasteiger partial charge in [-0.15, -0.1) is 0 Å². The van der Waals surface area contributed by atoms with E-state index in [2.05, 4.69) is 4.98 Å². The first kappa shape index (κ1) is 17.7. The van der Waals surface area contributed by atoms with E-state index in [9.17, 15) is 4.79 Å². The number of benzene rings is 1. The molecule has 2 aromatic rings. The highest BCUT2D eigenvalue weighted by Crippen LogP contribution is 2.41. The van der Waals surface area contributed by atoms with E-state index in [4.69, 9.17) is 34.8 Å². The minimum atomic E-state index is -0.189. The Labute approximate surface area is 149 Å². The Hall–Kier alpha value is -0.680. The van der Waals surface area contributed by atoms with Crippen LogP contribution in [0.3, 0.4) is 0 Å². The predicted octanol–water partition coefficient (Wildman–Crippen LogP) is 5.64. The van der Waals surface area contributed by atoms with Crippen LogP contribution < -0.4 is 0 Å². The number of rotatable bonds is 6. The van der Waals surface area contributed by atoms with Crippen LogP contribution in [0.2, 0.25) is 15.1 Å². The third kappa shape index (κ3) is 4.66. The van der Waals surface area contributed by atoms with Gasteiger partial charge in [-0.3, -0.25) is 4.79 Å². The van der Waals surface area contributed by atoms with Crippen LogP contribution in [0.5, 0.6) is 0 Å². The zero-order chi connectivity index (χ0) is 16.1. The van der Waals surface area contributed by atoms with Gasteiger partial charge in [0.05, 0.1) is 11.6 Å². The van der Waals surface area contributed by atoms with Crippen molar-refractivity contribution in [2.75, 3.05) is 0 Å². The summed E-state index contributed by atoms with van der Waals surface area (Å²) >= 11 is 19.8. The molecule has 1 atom stereocenters. The standard InChI is InChI=1S/C15H15Cl3N2OS/c1-2-3-14(21)22-13(8-20-5-4-19-9-20)15-11(17)6-10(16)7-12(15)18/h4-7,9,13H,2-3,8H2,1H3. The number of imidazole rings is 1. The topological polar surface area (TPSA) is 34.9 Å². The number of carbonyl (C=O) groups is 1. The average molecular weight is 378 g/mol. The van der Waals surface area contributed by atoms with Crippen molar-refractivity contribution in [3.63, 3.8) is 0 Å². The summed E-state index contributed by atoms with van der Waals surface area (Å²) in [5, 5.41) is 1.35. The maximum atomic E-state index is 12.1. The van der Waals surface area contributed by atoms with Crippen LogP contribution in [0.25, 0.3) is 0 Å². The lowest BCUT2D eigenvalue weighted by Gasteiger charge is -2.19. The van der Waals surface area contributed by atoms with Crippen LogP contribution in [0, 0.1) is 0 Å². The summed E-state index contributed by atoms with van der Waals surface area (Å²) in [6, 6.07) is 3.30. The van der Waals surface area contributed by atoms with Gasteiger partial charge >= 0.3 is 0 Å². The first-order valence-electron chi connectivity index (χ1n) is 6.81. The SMILES string of the molecule is CCCC(=O)SC(Cn1ccnc1)c1c(Cl)cc(Cl)cc1Cl. The second kappa shape index (κ2) is 8.25. The molecule has 118 valence electrons. The van der Waals surface area contributed by atoms with E-state index in [0.717, 1.165) is 12.0 Å². The molecule has 0 aliphatic heterocycles. The molecule has 2 rings (SSSR count). The molecule has 0 saturated carbocycles. The number of aromatic nitrogens is 2. The Kier molecular flexibility index (Phi) is 6.63. The van der Waals surface area contributed by atoms with Crippen molar-refractivity contribution in [3.8, 4) is 0 Å². The summed E-state index contributed by atoms with van der Waals surface area (Å²) in [5.41, 5.74) is 0.732. The third-order valence-corrected chi connectivity index (χ3v) is 5.01. The molecule has 0 aliphatic carbocycles. The zero-order valence-corrected chi connectivity index (χ0v) is 15.0. The lowest BCUT2D eigenvalue weighted by molar-refractivity contribution is -0.111. The van der Waals surface area contributed by atoms with Crippen LogP contribution in [-0.2, 0) is 11.3 Å². The minimum Gasteiger partial charge on any atom is -0.336 e. The fourth-order valence-corrected chi connectivity index (χ4v) is 4.52. The molecule has 0 N–H and O–H groups in total. The molecule has 22 heavy (non-hydrogen) atoms. The van der Waals surface area contributed by atoms with Crippen molar-refractivity contribution >= 4 is 51.7 Å². The Morgan fingerprint density at radius 1 is 1.32 bits per heavy atom. The van der Waals surface area contributed by atoms with Crippen LogP contribution in [-0.4, -0.2) is 14.7 Å². The Balaban J connectivity index is 2.33. The highest BCUT2D eigenvalue weighted by molar-refractivity contribution is 8.13. The molecule has 3 nitrogen and oxygen atoms in total. The van der Waals surface area contributed by atoms with E-state index < -0.39 is 0 Å². The lowest BCUT2D eigenvalue weighted by Crippen LogP contribution is -2.09. The third-order valence-electron chi connectivity index (χ3n) is 3.03. The fourth-order valence-electron chi connectivity index (χ4n) is 2.06. The molecule has 1 heterocycles. The van der Waals surface area contributed by atoms with Gasteiger partial charge in [0.25, 0.3) is 0 Å². The maximum Gasteiger partial charge on any atom is 0.189 e. The summed E-state index contributed by atoms with van der Waals surface area (Å²) in [6.45, 7) is 2.53. The van der Waals surface area contributed by atoms with E-state index in [1.54, 1.807) is 24.7 Å². The molecular formula is C15H15Cl3N2OS. The Bertz CT molecular complexity index is 623. The number of halogens is 3. The van der Waals surface area contributed by atoms with Crippen LogP contribution in [0.15, 0.2) is 30.9 Å². The smallest absolute Gasteiger partial charge is 0.189 e. The number of thioether (sulfide) groups is 1. The molecule has 0 saturated heterocycles. The molecule has 1 unspecified atom stereocenters. The molecule has 1 aromatic heterocycles. The fraction of sp³-hybridized carbons (Fsp3) is 0.333. The second-order valence-corrected chi connectivity index (χ2v) is 7.28. The van der Waals surface area contributed by atoms with E-state index in [1.807, 2.05) is 17.7 Å². The van der Waals surface area contributed by atoms with Crippen molar-refractivity contribution in [2.24, 2.45) is 0 Å². The maximum absolute atomic E-state index is 12.1. The normalized spacial score (nSPS) is 12.4. The summed E-state index contributed by atoms with van der Waals surface area (Å²) in [5.74, 6) is 0. The van der Waals surface area contributed by atoms with Gasteiger partial charge in [-0.1, -0.05) is 53.5 Å². The second-order valence-electron chi connectivity index (χ2n) is 4.77. The van der Waals surface area contributed by atoms with Gasteiger partial charge in [-0.25, -0.2) is 4.98 Å².